The van der Waals surface area contributed by atoms with Gasteiger partial charge in [0.2, 0.25) is 0 Å². The molecule has 1 heterocycles. The maximum Gasteiger partial charge on any atom is 0.191 e. The molecule has 0 aliphatic carbocycles. The molecule has 7 heteroatoms. The first kappa shape index (κ1) is 22.8. The van der Waals surface area contributed by atoms with E-state index in [9.17, 15) is 0 Å². The quantitative estimate of drug-likeness (QED) is 0.342. The molecule has 1 aromatic carbocycles. The summed E-state index contributed by atoms with van der Waals surface area (Å²) >= 11 is 6.08. The van der Waals surface area contributed by atoms with Crippen molar-refractivity contribution in [3.8, 4) is 0 Å². The van der Waals surface area contributed by atoms with E-state index in [4.69, 9.17) is 16.1 Å². The average Bonchev–Trinajstić information content (AvgIpc) is 3.02. The van der Waals surface area contributed by atoms with Gasteiger partial charge < -0.3 is 15.2 Å². The molecule has 0 saturated heterocycles. The summed E-state index contributed by atoms with van der Waals surface area (Å²) in [6.45, 7) is 7.84. The number of benzene rings is 1. The van der Waals surface area contributed by atoms with Crippen molar-refractivity contribution in [1.29, 1.82) is 0 Å². The normalized spacial score (nSPS) is 11.8. The molecule has 26 heavy (non-hydrogen) atoms. The maximum absolute atomic E-state index is 6.08. The topological polar surface area (TPSA) is 62.5 Å². The van der Waals surface area contributed by atoms with Gasteiger partial charge >= 0.3 is 0 Å². The van der Waals surface area contributed by atoms with Crippen molar-refractivity contribution in [2.24, 2.45) is 10.4 Å². The lowest BCUT2D eigenvalue weighted by molar-refractivity contribution is 0.356. The highest BCUT2D eigenvalue weighted by Gasteiger charge is 2.19. The van der Waals surface area contributed by atoms with Crippen LogP contribution >= 0.6 is 35.6 Å². The van der Waals surface area contributed by atoms with Crippen LogP contribution in [0, 0.1) is 5.41 Å². The van der Waals surface area contributed by atoms with Crippen molar-refractivity contribution >= 4 is 41.5 Å². The van der Waals surface area contributed by atoms with Crippen LogP contribution in [0.1, 0.15) is 37.8 Å². The number of nitrogens with zero attached hydrogens (tertiary/aromatic N) is 2. The molecule has 0 amide bonds. The molecule has 2 aromatic rings. The molecule has 0 spiro atoms. The van der Waals surface area contributed by atoms with Gasteiger partial charge in [-0.2, -0.15) is 0 Å². The number of aryl methyl sites for hydroxylation is 1. The first-order valence-electron chi connectivity index (χ1n) is 8.55. The van der Waals surface area contributed by atoms with Gasteiger partial charge in [-0.15, -0.1) is 24.0 Å². The third-order valence-corrected chi connectivity index (χ3v) is 4.16. The molecule has 0 bridgehead atoms. The minimum atomic E-state index is 0. The first-order chi connectivity index (χ1) is 11.9. The first-order valence-corrected chi connectivity index (χ1v) is 8.93. The molecule has 0 atom stereocenters. The summed E-state index contributed by atoms with van der Waals surface area (Å²) in [6.07, 6.45) is 1.80. The molecule has 0 fully saturated rings. The Balaban J connectivity index is 0.00000338. The minimum Gasteiger partial charge on any atom is -0.359 e. The van der Waals surface area contributed by atoms with Crippen LogP contribution in [0.2, 0.25) is 5.02 Å². The Kier molecular flexibility index (Phi) is 9.43. The number of aromatic nitrogens is 1. The Hall–Kier alpha value is -1.28. The van der Waals surface area contributed by atoms with E-state index in [0.717, 1.165) is 41.8 Å². The van der Waals surface area contributed by atoms with Crippen LogP contribution in [0.15, 0.2) is 39.8 Å². The highest BCUT2D eigenvalue weighted by atomic mass is 127. The van der Waals surface area contributed by atoms with Crippen molar-refractivity contribution in [1.82, 2.24) is 15.8 Å². The number of nitrogens with one attached hydrogen (secondary N) is 2. The molecule has 5 nitrogen and oxygen atoms in total. The van der Waals surface area contributed by atoms with Crippen LogP contribution in [0.4, 0.5) is 0 Å². The number of hydrogen-bond acceptors (Lipinski definition) is 3. The van der Waals surface area contributed by atoms with E-state index in [0.29, 0.717) is 6.54 Å². The van der Waals surface area contributed by atoms with E-state index in [-0.39, 0.29) is 29.4 Å². The minimum absolute atomic E-state index is 0. The fourth-order valence-electron chi connectivity index (χ4n) is 2.58. The SMILES string of the molecule is CCc1cc(CNC(=NC)NCC(C)(C)Cc2cccc(Cl)c2)on1.I. The molecule has 0 unspecified atom stereocenters. The third-order valence-electron chi connectivity index (χ3n) is 3.93. The fourth-order valence-corrected chi connectivity index (χ4v) is 2.80. The second-order valence-corrected chi connectivity index (χ2v) is 7.32. The number of guanidine groups is 1. The van der Waals surface area contributed by atoms with Gasteiger partial charge in [-0.05, 0) is 36.0 Å². The third kappa shape index (κ3) is 7.53. The number of aliphatic imine (C=N–C) groups is 1. The van der Waals surface area contributed by atoms with Crippen LogP contribution in [-0.4, -0.2) is 24.7 Å². The van der Waals surface area contributed by atoms with Crippen molar-refractivity contribution in [3.05, 3.63) is 52.4 Å². The number of rotatable bonds is 7. The molecule has 0 aliphatic heterocycles. The largest absolute Gasteiger partial charge is 0.359 e. The summed E-state index contributed by atoms with van der Waals surface area (Å²) in [5, 5.41) is 11.4. The lowest BCUT2D eigenvalue weighted by Gasteiger charge is -2.26. The predicted molar refractivity (Wildman–Crippen MR) is 118 cm³/mol. The molecule has 2 rings (SSSR count). The zero-order valence-corrected chi connectivity index (χ0v) is 18.9. The van der Waals surface area contributed by atoms with Crippen molar-refractivity contribution in [3.63, 3.8) is 0 Å². The Morgan fingerprint density at radius 2 is 2.04 bits per heavy atom. The van der Waals surface area contributed by atoms with Gasteiger partial charge in [0.05, 0.1) is 12.2 Å². The monoisotopic (exact) mass is 490 g/mol. The van der Waals surface area contributed by atoms with Gasteiger partial charge in [0.1, 0.15) is 0 Å². The van der Waals surface area contributed by atoms with Gasteiger partial charge in [-0.1, -0.05) is 49.7 Å². The van der Waals surface area contributed by atoms with E-state index in [1.807, 2.05) is 24.3 Å². The Bertz CT molecular complexity index is 715. The van der Waals surface area contributed by atoms with Gasteiger partial charge in [0, 0.05) is 24.7 Å². The Labute approximate surface area is 178 Å². The van der Waals surface area contributed by atoms with Gasteiger partial charge in [-0.3, -0.25) is 4.99 Å². The smallest absolute Gasteiger partial charge is 0.191 e. The average molecular weight is 491 g/mol. The van der Waals surface area contributed by atoms with E-state index in [1.165, 1.54) is 5.56 Å². The summed E-state index contributed by atoms with van der Waals surface area (Å²) in [7, 11) is 1.76. The van der Waals surface area contributed by atoms with Crippen LogP contribution in [0.25, 0.3) is 0 Å². The van der Waals surface area contributed by atoms with Gasteiger partial charge in [0.15, 0.2) is 11.7 Å². The van der Waals surface area contributed by atoms with E-state index in [1.54, 1.807) is 7.05 Å². The van der Waals surface area contributed by atoms with Crippen LogP contribution in [0.3, 0.4) is 0 Å². The zero-order chi connectivity index (χ0) is 18.3. The molecule has 0 aliphatic rings. The number of halogens is 2. The van der Waals surface area contributed by atoms with Gasteiger partial charge in [0.25, 0.3) is 0 Å². The molecular weight excluding hydrogens is 463 g/mol. The second kappa shape index (κ2) is 10.8. The molecule has 1 aromatic heterocycles. The Morgan fingerprint density at radius 3 is 2.65 bits per heavy atom. The second-order valence-electron chi connectivity index (χ2n) is 6.89. The summed E-state index contributed by atoms with van der Waals surface area (Å²) in [4.78, 5) is 4.27. The lowest BCUT2D eigenvalue weighted by Crippen LogP contribution is -2.42. The van der Waals surface area contributed by atoms with E-state index >= 15 is 0 Å². The van der Waals surface area contributed by atoms with Crippen molar-refractivity contribution in [2.75, 3.05) is 13.6 Å². The molecule has 144 valence electrons. The predicted octanol–water partition coefficient (Wildman–Crippen LogP) is 4.44. The van der Waals surface area contributed by atoms with Crippen LogP contribution in [-0.2, 0) is 19.4 Å². The fraction of sp³-hybridized carbons (Fsp3) is 0.474. The van der Waals surface area contributed by atoms with Crippen LogP contribution < -0.4 is 10.6 Å². The summed E-state index contributed by atoms with van der Waals surface area (Å²) in [5.74, 6) is 1.55. The number of hydrogen-bond donors (Lipinski definition) is 2. The van der Waals surface area contributed by atoms with Crippen LogP contribution in [0.5, 0.6) is 0 Å². The summed E-state index contributed by atoms with van der Waals surface area (Å²) in [6, 6.07) is 9.98. The Morgan fingerprint density at radius 1 is 1.27 bits per heavy atom. The lowest BCUT2D eigenvalue weighted by atomic mass is 9.86. The standard InChI is InChI=1S/C19H27ClN4O.HI/c1-5-16-10-17(25-24-16)12-22-18(21-4)23-13-19(2,3)11-14-7-6-8-15(20)9-14;/h6-10H,5,11-13H2,1-4H3,(H2,21,22,23);1H. The maximum atomic E-state index is 6.08. The molecule has 0 saturated carbocycles. The summed E-state index contributed by atoms with van der Waals surface area (Å²) < 4.78 is 5.28. The molecule has 0 radical (unpaired) electrons. The van der Waals surface area contributed by atoms with Crippen molar-refractivity contribution < 1.29 is 4.52 Å². The van der Waals surface area contributed by atoms with E-state index in [2.05, 4.69) is 47.6 Å². The van der Waals surface area contributed by atoms with Gasteiger partial charge in [-0.25, -0.2) is 0 Å². The molecule has 2 N–H and O–H groups in total. The highest BCUT2D eigenvalue weighted by molar-refractivity contribution is 14.0. The van der Waals surface area contributed by atoms with Crippen molar-refractivity contribution in [2.45, 2.75) is 40.2 Å². The summed E-state index contributed by atoms with van der Waals surface area (Å²) in [5.41, 5.74) is 2.25. The zero-order valence-electron chi connectivity index (χ0n) is 15.8. The van der Waals surface area contributed by atoms with E-state index < -0.39 is 0 Å². The molecular formula is C19H28ClIN4O. The highest BCUT2D eigenvalue weighted by Crippen LogP contribution is 2.22.